The zero-order chi connectivity index (χ0) is 16.7. The third-order valence-electron chi connectivity index (χ3n) is 4.84. The van der Waals surface area contributed by atoms with Gasteiger partial charge in [-0.15, -0.1) is 0 Å². The number of hydrogen-bond acceptors (Lipinski definition) is 4. The van der Waals surface area contributed by atoms with Crippen LogP contribution in [-0.2, 0) is 4.79 Å². The van der Waals surface area contributed by atoms with Gasteiger partial charge in [0, 0.05) is 17.9 Å². The Morgan fingerprint density at radius 2 is 1.46 bits per heavy atom. The highest BCUT2D eigenvalue weighted by atomic mass is 16.6. The van der Waals surface area contributed by atoms with Gasteiger partial charge in [0.2, 0.25) is 5.91 Å². The molecule has 3 atom stereocenters. The van der Waals surface area contributed by atoms with Crippen molar-refractivity contribution in [3.8, 4) is 0 Å². The lowest BCUT2D eigenvalue weighted by Gasteiger charge is -2.26. The van der Waals surface area contributed by atoms with Crippen molar-refractivity contribution in [2.45, 2.75) is 24.5 Å². The molecule has 2 aliphatic rings. The second-order valence-corrected chi connectivity index (χ2v) is 6.14. The number of hydrogen-bond donors (Lipinski definition) is 0. The van der Waals surface area contributed by atoms with E-state index in [9.17, 15) is 14.9 Å². The first-order valence-electron chi connectivity index (χ1n) is 8.00. The van der Waals surface area contributed by atoms with Crippen LogP contribution < -0.4 is 0 Å². The van der Waals surface area contributed by atoms with E-state index in [0.29, 0.717) is 13.0 Å². The fourth-order valence-electron chi connectivity index (χ4n) is 3.90. The Kier molecular flexibility index (Phi) is 3.54. The lowest BCUT2D eigenvalue weighted by molar-refractivity contribution is -0.530. The molecule has 24 heavy (non-hydrogen) atoms. The zero-order valence-corrected chi connectivity index (χ0v) is 13.0. The molecule has 1 amide bonds. The van der Waals surface area contributed by atoms with Crippen molar-refractivity contribution < 1.29 is 9.72 Å². The van der Waals surface area contributed by atoms with Crippen LogP contribution in [-0.4, -0.2) is 33.4 Å². The van der Waals surface area contributed by atoms with Crippen molar-refractivity contribution in [2.75, 3.05) is 6.54 Å². The maximum atomic E-state index is 12.4. The molecule has 2 aliphatic heterocycles. The number of benzene rings is 2. The number of carbonyl (C=O) groups excluding carboxylic acids is 1. The minimum absolute atomic E-state index is 0.0471. The highest BCUT2D eigenvalue weighted by Gasteiger charge is 2.59. The van der Waals surface area contributed by atoms with Crippen molar-refractivity contribution in [1.82, 2.24) is 10.0 Å². The average molecular weight is 323 g/mol. The van der Waals surface area contributed by atoms with Gasteiger partial charge in [0.15, 0.2) is 0 Å². The van der Waals surface area contributed by atoms with E-state index < -0.39 is 18.1 Å². The number of nitro groups is 1. The molecule has 4 rings (SSSR count). The predicted molar refractivity (Wildman–Crippen MR) is 87.3 cm³/mol. The number of amides is 1. The first-order valence-corrected chi connectivity index (χ1v) is 8.00. The van der Waals surface area contributed by atoms with Crippen LogP contribution in [0.2, 0.25) is 0 Å². The third kappa shape index (κ3) is 2.18. The van der Waals surface area contributed by atoms with Crippen LogP contribution in [0, 0.1) is 10.1 Å². The monoisotopic (exact) mass is 323 g/mol. The number of rotatable bonds is 3. The van der Waals surface area contributed by atoms with Crippen LogP contribution in [0.5, 0.6) is 0 Å². The largest absolute Gasteiger partial charge is 0.273 e. The van der Waals surface area contributed by atoms with Gasteiger partial charge in [-0.05, 0) is 11.1 Å². The molecule has 2 fully saturated rings. The quantitative estimate of drug-likeness (QED) is 0.643. The third-order valence-corrected chi connectivity index (χ3v) is 4.84. The summed E-state index contributed by atoms with van der Waals surface area (Å²) >= 11 is 0. The van der Waals surface area contributed by atoms with Crippen LogP contribution in [0.4, 0.5) is 0 Å². The van der Waals surface area contributed by atoms with Gasteiger partial charge >= 0.3 is 0 Å². The SMILES string of the molecule is O=C1CCN2[C@H](c3ccccc3)[C@H]([N+](=O)[O-])[C@@H](c3ccccc3)N12. The molecular formula is C18H17N3O3. The minimum Gasteiger partial charge on any atom is -0.273 e. The van der Waals surface area contributed by atoms with Crippen molar-refractivity contribution >= 4 is 5.91 Å². The van der Waals surface area contributed by atoms with Crippen LogP contribution in [0.15, 0.2) is 60.7 Å². The Morgan fingerprint density at radius 3 is 2.00 bits per heavy atom. The standard InChI is InChI=1S/C18H17N3O3/c22-15-11-12-19-16(13-7-3-1-4-8-13)18(21(23)24)17(20(15)19)14-9-5-2-6-10-14/h1-10,16-18H,11-12H2/t16-,17-,18+/m1/s1. The minimum atomic E-state index is -0.890. The molecular weight excluding hydrogens is 306 g/mol. The molecule has 122 valence electrons. The Morgan fingerprint density at radius 1 is 0.917 bits per heavy atom. The summed E-state index contributed by atoms with van der Waals surface area (Å²) in [5.74, 6) is -0.0471. The Hall–Kier alpha value is -2.73. The summed E-state index contributed by atoms with van der Waals surface area (Å²) in [4.78, 5) is 24.2. The molecule has 0 saturated carbocycles. The van der Waals surface area contributed by atoms with Gasteiger partial charge < -0.3 is 0 Å². The van der Waals surface area contributed by atoms with Gasteiger partial charge in [-0.25, -0.2) is 5.01 Å². The second kappa shape index (κ2) is 5.72. The summed E-state index contributed by atoms with van der Waals surface area (Å²) in [5, 5.41) is 15.4. The molecule has 6 nitrogen and oxygen atoms in total. The van der Waals surface area contributed by atoms with Crippen molar-refractivity contribution in [2.24, 2.45) is 0 Å². The Balaban J connectivity index is 1.86. The number of hydrazine groups is 1. The molecule has 0 spiro atoms. The van der Waals surface area contributed by atoms with E-state index in [4.69, 9.17) is 0 Å². The predicted octanol–water partition coefficient (Wildman–Crippen LogP) is 2.58. The van der Waals surface area contributed by atoms with E-state index in [2.05, 4.69) is 0 Å². The van der Waals surface area contributed by atoms with Gasteiger partial charge in [-0.2, -0.15) is 0 Å². The summed E-state index contributed by atoms with van der Waals surface area (Å²) < 4.78 is 0. The Bertz CT molecular complexity index is 766. The molecule has 0 radical (unpaired) electrons. The van der Waals surface area contributed by atoms with E-state index in [1.165, 1.54) is 0 Å². The zero-order valence-electron chi connectivity index (χ0n) is 13.0. The van der Waals surface area contributed by atoms with E-state index in [1.807, 2.05) is 65.7 Å². The lowest BCUT2D eigenvalue weighted by Crippen LogP contribution is -2.35. The fourth-order valence-corrected chi connectivity index (χ4v) is 3.90. The first kappa shape index (κ1) is 14.8. The number of nitrogens with zero attached hydrogens (tertiary/aromatic N) is 3. The van der Waals surface area contributed by atoms with Crippen LogP contribution in [0.25, 0.3) is 0 Å². The lowest BCUT2D eigenvalue weighted by atomic mass is 9.91. The molecule has 0 unspecified atom stereocenters. The molecule has 0 aliphatic carbocycles. The maximum Gasteiger partial charge on any atom is 0.259 e. The molecule has 2 aromatic carbocycles. The van der Waals surface area contributed by atoms with Crippen molar-refractivity contribution in [1.29, 1.82) is 0 Å². The van der Waals surface area contributed by atoms with Gasteiger partial charge in [0.25, 0.3) is 6.04 Å². The smallest absolute Gasteiger partial charge is 0.259 e. The summed E-state index contributed by atoms with van der Waals surface area (Å²) in [7, 11) is 0. The van der Waals surface area contributed by atoms with Crippen LogP contribution in [0.3, 0.4) is 0 Å². The number of carbonyl (C=O) groups is 1. The van der Waals surface area contributed by atoms with Gasteiger partial charge in [0.05, 0.1) is 0 Å². The van der Waals surface area contributed by atoms with Crippen molar-refractivity contribution in [3.05, 3.63) is 81.9 Å². The van der Waals surface area contributed by atoms with Gasteiger partial charge in [0.1, 0.15) is 12.1 Å². The van der Waals surface area contributed by atoms with E-state index >= 15 is 0 Å². The topological polar surface area (TPSA) is 66.7 Å². The summed E-state index contributed by atoms with van der Waals surface area (Å²) in [6.07, 6.45) is 0.400. The summed E-state index contributed by atoms with van der Waals surface area (Å²) in [6, 6.07) is 16.9. The summed E-state index contributed by atoms with van der Waals surface area (Å²) in [6.45, 7) is 0.520. The molecule has 2 saturated heterocycles. The summed E-state index contributed by atoms with van der Waals surface area (Å²) in [5.41, 5.74) is 1.68. The Labute approximate surface area is 139 Å². The van der Waals surface area contributed by atoms with Crippen molar-refractivity contribution in [3.63, 3.8) is 0 Å². The average Bonchev–Trinajstić information content (AvgIpc) is 3.14. The highest BCUT2D eigenvalue weighted by Crippen LogP contribution is 2.48. The molecule has 0 bridgehead atoms. The molecule has 0 N–H and O–H groups in total. The second-order valence-electron chi connectivity index (χ2n) is 6.14. The molecule has 6 heteroatoms. The van der Waals surface area contributed by atoms with E-state index in [-0.39, 0.29) is 10.8 Å². The van der Waals surface area contributed by atoms with Crippen LogP contribution in [0.1, 0.15) is 29.6 Å². The number of fused-ring (bicyclic) bond motifs is 1. The van der Waals surface area contributed by atoms with Gasteiger partial charge in [-0.1, -0.05) is 60.7 Å². The fraction of sp³-hybridized carbons (Fsp3) is 0.278. The molecule has 2 aromatic rings. The van der Waals surface area contributed by atoms with Crippen LogP contribution >= 0.6 is 0 Å². The normalized spacial score (nSPS) is 26.6. The molecule has 0 aromatic heterocycles. The molecule has 2 heterocycles. The first-order chi connectivity index (χ1) is 11.7. The van der Waals surface area contributed by atoms with E-state index in [1.54, 1.807) is 5.01 Å². The van der Waals surface area contributed by atoms with Gasteiger partial charge in [-0.3, -0.25) is 19.9 Å². The maximum absolute atomic E-state index is 12.4. The highest BCUT2D eigenvalue weighted by molar-refractivity contribution is 5.79. The van der Waals surface area contributed by atoms with E-state index in [0.717, 1.165) is 11.1 Å².